The number of likely N-dealkylation sites (tertiary alicyclic amines) is 1. The Bertz CT molecular complexity index is 567. The van der Waals surface area contributed by atoms with Crippen LogP contribution >= 0.6 is 11.6 Å². The van der Waals surface area contributed by atoms with Gasteiger partial charge in [-0.05, 0) is 37.3 Å². The van der Waals surface area contributed by atoms with Gasteiger partial charge in [-0.1, -0.05) is 37.6 Å². The molecule has 0 saturated carbocycles. The van der Waals surface area contributed by atoms with Gasteiger partial charge < -0.3 is 9.64 Å². The molecule has 1 heterocycles. The minimum absolute atomic E-state index is 0.310. The van der Waals surface area contributed by atoms with Gasteiger partial charge in [-0.3, -0.25) is 5.43 Å². The summed E-state index contributed by atoms with van der Waals surface area (Å²) in [5.74, 6) is 0.927. The number of benzene rings is 1. The van der Waals surface area contributed by atoms with Crippen LogP contribution in [0.5, 0.6) is 0 Å². The van der Waals surface area contributed by atoms with E-state index in [9.17, 15) is 4.79 Å². The second-order valence-corrected chi connectivity index (χ2v) is 6.51. The highest BCUT2D eigenvalue weighted by Crippen LogP contribution is 2.23. The van der Waals surface area contributed by atoms with Crippen LogP contribution in [0.15, 0.2) is 29.4 Å². The third kappa shape index (κ3) is 4.86. The molecule has 0 unspecified atom stereocenters. The van der Waals surface area contributed by atoms with Crippen LogP contribution in [-0.2, 0) is 9.53 Å². The summed E-state index contributed by atoms with van der Waals surface area (Å²) in [4.78, 5) is 14.3. The van der Waals surface area contributed by atoms with Gasteiger partial charge in [-0.15, -0.1) is 5.10 Å². The van der Waals surface area contributed by atoms with Crippen molar-refractivity contribution in [2.24, 2.45) is 16.9 Å². The molecule has 6 heteroatoms. The summed E-state index contributed by atoms with van der Waals surface area (Å²) >= 11 is 6.12. The van der Waals surface area contributed by atoms with Crippen molar-refractivity contribution in [1.29, 1.82) is 0 Å². The monoisotopic (exact) mass is 337 g/mol. The lowest BCUT2D eigenvalue weighted by Crippen LogP contribution is -2.46. The van der Waals surface area contributed by atoms with Gasteiger partial charge in [0.15, 0.2) is 0 Å². The fraction of sp³-hybridized carbons (Fsp3) is 0.529. The van der Waals surface area contributed by atoms with Crippen molar-refractivity contribution < 1.29 is 9.53 Å². The summed E-state index contributed by atoms with van der Waals surface area (Å²) in [6.07, 6.45) is 1.16. The molecule has 1 aliphatic heterocycles. The van der Waals surface area contributed by atoms with Crippen LogP contribution < -0.4 is 5.43 Å². The predicted molar refractivity (Wildman–Crippen MR) is 93.7 cm³/mol. The Balaban J connectivity index is 2.21. The van der Waals surface area contributed by atoms with E-state index in [0.717, 1.165) is 19.5 Å². The number of esters is 1. The molecular formula is C17H24ClN3O2. The van der Waals surface area contributed by atoms with Crippen LogP contribution in [0.3, 0.4) is 0 Å². The van der Waals surface area contributed by atoms with E-state index < -0.39 is 5.97 Å². The molecule has 1 aromatic carbocycles. The number of hydrogen-bond donors (Lipinski definition) is 1. The first-order valence-electron chi connectivity index (χ1n) is 8.01. The molecule has 1 fully saturated rings. The summed E-state index contributed by atoms with van der Waals surface area (Å²) in [6, 6.07) is 7.29. The summed E-state index contributed by atoms with van der Waals surface area (Å²) in [5, 5.41) is 4.85. The Morgan fingerprint density at radius 3 is 2.61 bits per heavy atom. The van der Waals surface area contributed by atoms with Gasteiger partial charge >= 0.3 is 5.97 Å². The van der Waals surface area contributed by atoms with E-state index in [1.54, 1.807) is 13.0 Å². The van der Waals surface area contributed by atoms with Gasteiger partial charge in [0, 0.05) is 13.1 Å². The molecule has 1 saturated heterocycles. The van der Waals surface area contributed by atoms with Gasteiger partial charge in [0.2, 0.25) is 5.84 Å². The number of hydrogen-bond acceptors (Lipinski definition) is 4. The zero-order valence-corrected chi connectivity index (χ0v) is 14.6. The van der Waals surface area contributed by atoms with E-state index in [2.05, 4.69) is 24.4 Å². The van der Waals surface area contributed by atoms with Crippen molar-refractivity contribution in [2.75, 3.05) is 25.1 Å². The van der Waals surface area contributed by atoms with Gasteiger partial charge in [-0.2, -0.15) is 0 Å². The van der Waals surface area contributed by atoms with Crippen LogP contribution in [-0.4, -0.2) is 36.4 Å². The smallest absolute Gasteiger partial charge is 0.375 e. The number of nitrogens with zero attached hydrogens (tertiary/aromatic N) is 2. The normalized spacial score (nSPS) is 21.9. The summed E-state index contributed by atoms with van der Waals surface area (Å²) in [7, 11) is 0. The van der Waals surface area contributed by atoms with Crippen molar-refractivity contribution in [3.8, 4) is 0 Å². The molecule has 0 aromatic heterocycles. The number of hydrazone groups is 1. The highest BCUT2D eigenvalue weighted by atomic mass is 35.5. The maximum Gasteiger partial charge on any atom is 0.375 e. The third-order valence-corrected chi connectivity index (χ3v) is 4.11. The number of para-hydroxylation sites is 1. The lowest BCUT2D eigenvalue weighted by Gasteiger charge is -2.36. The summed E-state index contributed by atoms with van der Waals surface area (Å²) in [5.41, 5.74) is 3.55. The average Bonchev–Trinajstić information content (AvgIpc) is 2.48. The van der Waals surface area contributed by atoms with Crippen molar-refractivity contribution in [1.82, 2.24) is 4.90 Å². The standard InChI is InChI=1S/C17H24ClN3O2/c1-4-23-17(22)16(21-10-12(2)9-13(3)11-21)20-19-15-8-6-5-7-14(15)18/h5-8,12-13,19H,4,9-11H2,1-3H3/b20-16+/t12-,13-/m0/s1. The van der Waals surface area contributed by atoms with Crippen LogP contribution in [0.4, 0.5) is 5.69 Å². The number of halogens is 1. The maximum atomic E-state index is 12.3. The van der Waals surface area contributed by atoms with Crippen molar-refractivity contribution in [2.45, 2.75) is 27.2 Å². The first kappa shape index (κ1) is 17.6. The predicted octanol–water partition coefficient (Wildman–Crippen LogP) is 3.61. The van der Waals surface area contributed by atoms with Gasteiger partial charge in [0.1, 0.15) is 0 Å². The first-order chi connectivity index (χ1) is 11.0. The maximum absolute atomic E-state index is 12.3. The number of nitrogens with one attached hydrogen (secondary N) is 1. The van der Waals surface area contributed by atoms with Gasteiger partial charge in [-0.25, -0.2) is 4.79 Å². The van der Waals surface area contributed by atoms with E-state index >= 15 is 0 Å². The van der Waals surface area contributed by atoms with Gasteiger partial charge in [0.25, 0.3) is 0 Å². The Morgan fingerprint density at radius 1 is 1.35 bits per heavy atom. The topological polar surface area (TPSA) is 53.9 Å². The first-order valence-corrected chi connectivity index (χ1v) is 8.39. The van der Waals surface area contributed by atoms with Gasteiger partial charge in [0.05, 0.1) is 17.3 Å². The van der Waals surface area contributed by atoms with E-state index in [0.29, 0.717) is 35.0 Å². The van der Waals surface area contributed by atoms with E-state index in [4.69, 9.17) is 16.3 Å². The molecule has 1 aromatic rings. The lowest BCUT2D eigenvalue weighted by atomic mass is 9.92. The summed E-state index contributed by atoms with van der Waals surface area (Å²) < 4.78 is 5.16. The largest absolute Gasteiger partial charge is 0.460 e. The zero-order chi connectivity index (χ0) is 16.8. The number of amidine groups is 1. The fourth-order valence-electron chi connectivity index (χ4n) is 2.94. The molecule has 1 N–H and O–H groups in total. The second kappa shape index (κ2) is 8.20. The molecule has 2 atom stereocenters. The molecule has 5 nitrogen and oxygen atoms in total. The van der Waals surface area contributed by atoms with E-state index in [1.165, 1.54) is 0 Å². The molecule has 126 valence electrons. The van der Waals surface area contributed by atoms with E-state index in [-0.39, 0.29) is 0 Å². The number of carbonyl (C=O) groups excluding carboxylic acids is 1. The molecule has 1 aliphatic rings. The number of rotatable bonds is 3. The number of piperidine rings is 1. The Morgan fingerprint density at radius 2 is 2.00 bits per heavy atom. The van der Waals surface area contributed by atoms with Crippen molar-refractivity contribution in [3.05, 3.63) is 29.3 Å². The highest BCUT2D eigenvalue weighted by Gasteiger charge is 2.28. The number of anilines is 1. The van der Waals surface area contributed by atoms with Crippen LogP contribution in [0, 0.1) is 11.8 Å². The fourth-order valence-corrected chi connectivity index (χ4v) is 3.12. The Labute approximate surface area is 142 Å². The highest BCUT2D eigenvalue weighted by molar-refractivity contribution is 6.35. The molecule has 0 radical (unpaired) electrons. The van der Waals surface area contributed by atoms with Crippen molar-refractivity contribution >= 4 is 29.1 Å². The minimum atomic E-state index is -0.409. The zero-order valence-electron chi connectivity index (χ0n) is 13.9. The molecule has 23 heavy (non-hydrogen) atoms. The molecular weight excluding hydrogens is 314 g/mol. The molecule has 0 bridgehead atoms. The van der Waals surface area contributed by atoms with Crippen LogP contribution in [0.1, 0.15) is 27.2 Å². The second-order valence-electron chi connectivity index (χ2n) is 6.10. The molecule has 0 spiro atoms. The minimum Gasteiger partial charge on any atom is -0.460 e. The van der Waals surface area contributed by atoms with Crippen molar-refractivity contribution in [3.63, 3.8) is 0 Å². The summed E-state index contributed by atoms with van der Waals surface area (Å²) in [6.45, 7) is 8.08. The number of carbonyl (C=O) groups is 1. The van der Waals surface area contributed by atoms with Crippen LogP contribution in [0.2, 0.25) is 5.02 Å². The van der Waals surface area contributed by atoms with E-state index in [1.807, 2.05) is 23.1 Å². The lowest BCUT2D eigenvalue weighted by molar-refractivity contribution is -0.136. The average molecular weight is 338 g/mol. The number of ether oxygens (including phenoxy) is 1. The molecule has 0 amide bonds. The SMILES string of the molecule is CCOC(=O)/C(=N\Nc1ccccc1Cl)N1C[C@@H](C)C[C@H](C)C1. The molecule has 0 aliphatic carbocycles. The van der Waals surface area contributed by atoms with Crippen LogP contribution in [0.25, 0.3) is 0 Å². The molecule has 2 rings (SSSR count). The third-order valence-electron chi connectivity index (χ3n) is 3.78. The quantitative estimate of drug-likeness (QED) is 0.396. The Hall–Kier alpha value is -1.75. The Kier molecular flexibility index (Phi) is 6.28.